The number of anilines is 2. The van der Waals surface area contributed by atoms with E-state index in [2.05, 4.69) is 15.1 Å². The number of carbonyl (C=O) groups is 1. The summed E-state index contributed by atoms with van der Waals surface area (Å²) in [5.74, 6) is 0.495. The van der Waals surface area contributed by atoms with Crippen LogP contribution < -0.4 is 19.9 Å². The van der Waals surface area contributed by atoms with Crippen molar-refractivity contribution in [3.05, 3.63) is 58.1 Å². The molecule has 2 aliphatic heterocycles. The van der Waals surface area contributed by atoms with E-state index in [0.717, 1.165) is 42.3 Å². The lowest BCUT2D eigenvalue weighted by atomic mass is 9.83. The third-order valence-corrected chi connectivity index (χ3v) is 6.53. The van der Waals surface area contributed by atoms with E-state index in [-0.39, 0.29) is 28.5 Å². The maximum absolute atomic E-state index is 13.3. The highest BCUT2D eigenvalue weighted by Crippen LogP contribution is 2.39. The molecule has 1 saturated heterocycles. The van der Waals surface area contributed by atoms with Crippen molar-refractivity contribution in [1.29, 1.82) is 0 Å². The van der Waals surface area contributed by atoms with Crippen LogP contribution in [-0.4, -0.2) is 75.7 Å². The van der Waals surface area contributed by atoms with Gasteiger partial charge in [-0.2, -0.15) is 0 Å². The second-order valence-electron chi connectivity index (χ2n) is 8.85. The van der Waals surface area contributed by atoms with Crippen LogP contribution in [0.1, 0.15) is 5.56 Å². The van der Waals surface area contributed by atoms with Gasteiger partial charge in [0.25, 0.3) is 5.69 Å². The van der Waals surface area contributed by atoms with Gasteiger partial charge in [-0.25, -0.2) is 0 Å². The first-order valence-corrected chi connectivity index (χ1v) is 11.2. The van der Waals surface area contributed by atoms with E-state index < -0.39 is 0 Å². The lowest BCUT2D eigenvalue weighted by Gasteiger charge is -2.49. The van der Waals surface area contributed by atoms with Crippen LogP contribution in [0.25, 0.3) is 0 Å². The number of hydrogen-bond donors (Lipinski definition) is 1. The van der Waals surface area contributed by atoms with Crippen LogP contribution in [0.4, 0.5) is 17.1 Å². The van der Waals surface area contributed by atoms with Gasteiger partial charge in [-0.3, -0.25) is 14.9 Å². The third kappa shape index (κ3) is 4.73. The van der Waals surface area contributed by atoms with Crippen molar-refractivity contribution in [1.82, 2.24) is 10.2 Å². The number of para-hydroxylation sites is 2. The summed E-state index contributed by atoms with van der Waals surface area (Å²) < 4.78 is 5.57. The van der Waals surface area contributed by atoms with Crippen LogP contribution >= 0.6 is 0 Å². The van der Waals surface area contributed by atoms with Crippen LogP contribution in [0.3, 0.4) is 0 Å². The topological polar surface area (TPSA) is 91.2 Å². The number of non-ortho nitro benzene ring substituents is 1. The van der Waals surface area contributed by atoms with Gasteiger partial charge in [-0.1, -0.05) is 12.1 Å². The highest BCUT2D eigenvalue weighted by atomic mass is 16.6. The average molecular weight is 454 g/mol. The molecule has 4 rings (SSSR count). The molecule has 0 spiro atoms. The molecule has 2 aromatic rings. The van der Waals surface area contributed by atoms with Gasteiger partial charge in [0, 0.05) is 50.5 Å². The van der Waals surface area contributed by atoms with Gasteiger partial charge in [-0.05, 0) is 44.3 Å². The van der Waals surface area contributed by atoms with Gasteiger partial charge in [0.05, 0.1) is 29.7 Å². The second kappa shape index (κ2) is 9.66. The van der Waals surface area contributed by atoms with E-state index in [1.165, 1.54) is 0 Å². The molecule has 1 fully saturated rings. The number of amides is 1. The van der Waals surface area contributed by atoms with Crippen LogP contribution in [0.15, 0.2) is 42.5 Å². The van der Waals surface area contributed by atoms with E-state index in [4.69, 9.17) is 4.74 Å². The number of likely N-dealkylation sites (N-methyl/N-ethyl adjacent to an activating group) is 1. The molecule has 33 heavy (non-hydrogen) atoms. The van der Waals surface area contributed by atoms with E-state index in [1.807, 2.05) is 49.3 Å². The Morgan fingerprint density at radius 2 is 2.00 bits per heavy atom. The molecule has 0 aliphatic carbocycles. The third-order valence-electron chi connectivity index (χ3n) is 6.53. The Kier molecular flexibility index (Phi) is 6.69. The molecule has 1 amide bonds. The summed E-state index contributed by atoms with van der Waals surface area (Å²) >= 11 is 0. The standard InChI is InChI=1S/C24H31N5O4/c1-26(2)11-10-25-24(30)19-15-17-14-18(29(31)32)8-9-20(17)28-13-12-27(16-22(19)28)21-6-4-5-7-23(21)33-3/h4-9,14,19,22H,10-13,15-16H2,1-3H3,(H,25,30). The zero-order valence-electron chi connectivity index (χ0n) is 19.4. The van der Waals surface area contributed by atoms with Gasteiger partial charge < -0.3 is 24.8 Å². The Balaban J connectivity index is 1.64. The predicted molar refractivity (Wildman–Crippen MR) is 128 cm³/mol. The number of nitrogens with one attached hydrogen (secondary N) is 1. The normalized spacial score (nSPS) is 19.6. The summed E-state index contributed by atoms with van der Waals surface area (Å²) in [6, 6.07) is 12.9. The van der Waals surface area contributed by atoms with E-state index in [1.54, 1.807) is 19.2 Å². The van der Waals surface area contributed by atoms with Crippen molar-refractivity contribution < 1.29 is 14.5 Å². The average Bonchev–Trinajstić information content (AvgIpc) is 2.82. The van der Waals surface area contributed by atoms with Gasteiger partial charge in [-0.15, -0.1) is 0 Å². The van der Waals surface area contributed by atoms with Gasteiger partial charge in [0.15, 0.2) is 0 Å². The molecule has 2 atom stereocenters. The number of nitro groups is 1. The number of carbonyl (C=O) groups excluding carboxylic acids is 1. The first-order chi connectivity index (χ1) is 15.9. The Bertz CT molecular complexity index is 1030. The number of hydrogen-bond acceptors (Lipinski definition) is 7. The molecule has 2 unspecified atom stereocenters. The number of fused-ring (bicyclic) bond motifs is 3. The summed E-state index contributed by atoms with van der Waals surface area (Å²) in [6.07, 6.45) is 0.478. The number of methoxy groups -OCH3 is 1. The molecule has 9 nitrogen and oxygen atoms in total. The number of piperazine rings is 1. The maximum Gasteiger partial charge on any atom is 0.269 e. The molecule has 0 radical (unpaired) electrons. The highest BCUT2D eigenvalue weighted by Gasteiger charge is 2.42. The second-order valence-corrected chi connectivity index (χ2v) is 8.85. The molecule has 0 saturated carbocycles. The summed E-state index contributed by atoms with van der Waals surface area (Å²) in [7, 11) is 5.60. The molecule has 2 aliphatic rings. The molecule has 0 bridgehead atoms. The van der Waals surface area contributed by atoms with Crippen molar-refractivity contribution in [2.24, 2.45) is 5.92 Å². The van der Waals surface area contributed by atoms with Crippen molar-refractivity contribution in [3.8, 4) is 5.75 Å². The predicted octanol–water partition coefficient (Wildman–Crippen LogP) is 2.15. The lowest BCUT2D eigenvalue weighted by molar-refractivity contribution is -0.384. The number of nitrogens with zero attached hydrogens (tertiary/aromatic N) is 4. The maximum atomic E-state index is 13.3. The van der Waals surface area contributed by atoms with E-state index >= 15 is 0 Å². The van der Waals surface area contributed by atoms with Crippen molar-refractivity contribution in [3.63, 3.8) is 0 Å². The quantitative estimate of drug-likeness (QED) is 0.507. The van der Waals surface area contributed by atoms with Gasteiger partial charge in [0.1, 0.15) is 5.75 Å². The molecule has 9 heteroatoms. The fraction of sp³-hybridized carbons (Fsp3) is 0.458. The Morgan fingerprint density at radius 3 is 2.73 bits per heavy atom. The molecular formula is C24H31N5O4. The first-order valence-electron chi connectivity index (χ1n) is 11.2. The number of nitro benzene ring substituents is 1. The first kappa shape index (κ1) is 22.8. The zero-order valence-corrected chi connectivity index (χ0v) is 19.4. The van der Waals surface area contributed by atoms with Crippen molar-refractivity contribution >= 4 is 23.0 Å². The van der Waals surface area contributed by atoms with Crippen molar-refractivity contribution in [2.75, 3.05) is 63.7 Å². The smallest absolute Gasteiger partial charge is 0.269 e. The molecule has 0 aromatic heterocycles. The number of ether oxygens (including phenoxy) is 1. The highest BCUT2D eigenvalue weighted by molar-refractivity contribution is 5.82. The van der Waals surface area contributed by atoms with Crippen molar-refractivity contribution in [2.45, 2.75) is 12.5 Å². The number of rotatable bonds is 7. The molecule has 2 aromatic carbocycles. The lowest BCUT2D eigenvalue weighted by Crippen LogP contribution is -2.61. The summed E-state index contributed by atoms with van der Waals surface area (Å²) in [5.41, 5.74) is 2.93. The zero-order chi connectivity index (χ0) is 23.5. The number of benzene rings is 2. The summed E-state index contributed by atoms with van der Waals surface area (Å²) in [4.78, 5) is 30.8. The Labute approximate surface area is 194 Å². The van der Waals surface area contributed by atoms with Gasteiger partial charge in [0.2, 0.25) is 5.91 Å². The Hall–Kier alpha value is -3.33. The largest absolute Gasteiger partial charge is 0.495 e. The molecule has 1 N–H and O–H groups in total. The monoisotopic (exact) mass is 453 g/mol. The van der Waals surface area contributed by atoms with E-state index in [0.29, 0.717) is 19.5 Å². The van der Waals surface area contributed by atoms with Crippen LogP contribution in [0.5, 0.6) is 5.75 Å². The van der Waals surface area contributed by atoms with Crippen LogP contribution in [0.2, 0.25) is 0 Å². The fourth-order valence-electron chi connectivity index (χ4n) is 4.87. The molecule has 176 valence electrons. The molecule has 2 heterocycles. The molecular weight excluding hydrogens is 422 g/mol. The van der Waals surface area contributed by atoms with Gasteiger partial charge >= 0.3 is 0 Å². The summed E-state index contributed by atoms with van der Waals surface area (Å²) in [6.45, 7) is 3.47. The minimum Gasteiger partial charge on any atom is -0.495 e. The summed E-state index contributed by atoms with van der Waals surface area (Å²) in [5, 5.41) is 14.4. The van der Waals surface area contributed by atoms with E-state index in [9.17, 15) is 14.9 Å². The SMILES string of the molecule is COc1ccccc1N1CCN2c3ccc([N+](=O)[O-])cc3CC(C(=O)NCCN(C)C)C2C1. The Morgan fingerprint density at radius 1 is 1.21 bits per heavy atom. The minimum atomic E-state index is -0.377. The minimum absolute atomic E-state index is 0.00844. The fourth-order valence-corrected chi connectivity index (χ4v) is 4.87. The van der Waals surface area contributed by atoms with Crippen LogP contribution in [0, 0.1) is 16.0 Å². The van der Waals surface area contributed by atoms with Crippen LogP contribution in [-0.2, 0) is 11.2 Å².